The number of hydrogen-bond acceptors (Lipinski definition) is 7. The normalized spacial score (nSPS) is 14.3. The number of nitrogen functional groups attached to an aromatic ring is 1. The Bertz CT molecular complexity index is 1080. The van der Waals surface area contributed by atoms with Crippen molar-refractivity contribution in [2.45, 2.75) is 25.4 Å². The van der Waals surface area contributed by atoms with Crippen molar-refractivity contribution in [3.63, 3.8) is 0 Å². The topological polar surface area (TPSA) is 89.2 Å². The van der Waals surface area contributed by atoms with E-state index in [1.54, 1.807) is 18.3 Å². The summed E-state index contributed by atoms with van der Waals surface area (Å²) in [4.78, 5) is 15.6. The predicted molar refractivity (Wildman–Crippen MR) is 113 cm³/mol. The molecule has 0 atom stereocenters. The Morgan fingerprint density at radius 1 is 1.13 bits per heavy atom. The number of methoxy groups -OCH3 is 1. The van der Waals surface area contributed by atoms with Crippen LogP contribution in [0.25, 0.3) is 10.9 Å². The Kier molecular flexibility index (Phi) is 5.71. The van der Waals surface area contributed by atoms with E-state index in [0.29, 0.717) is 41.7 Å². The molecule has 31 heavy (non-hydrogen) atoms. The van der Waals surface area contributed by atoms with Gasteiger partial charge in [0, 0.05) is 36.8 Å². The van der Waals surface area contributed by atoms with Crippen LogP contribution in [-0.4, -0.2) is 41.7 Å². The number of benzene rings is 1. The van der Waals surface area contributed by atoms with Crippen LogP contribution < -0.4 is 20.7 Å². The molecule has 3 heterocycles. The van der Waals surface area contributed by atoms with Gasteiger partial charge in [-0.05, 0) is 43.0 Å². The van der Waals surface area contributed by atoms with E-state index < -0.39 is 11.7 Å². The third-order valence-electron chi connectivity index (χ3n) is 5.19. The number of rotatable bonds is 6. The molecule has 1 fully saturated rings. The van der Waals surface area contributed by atoms with Gasteiger partial charge in [0.1, 0.15) is 5.82 Å². The molecule has 3 aromatic rings. The summed E-state index contributed by atoms with van der Waals surface area (Å²) in [6.07, 6.45) is -0.284. The van der Waals surface area contributed by atoms with Gasteiger partial charge in [-0.2, -0.15) is 18.2 Å². The molecule has 1 aromatic carbocycles. The maximum absolute atomic E-state index is 13.1. The molecule has 0 amide bonds. The Morgan fingerprint density at radius 3 is 2.61 bits per heavy atom. The lowest BCUT2D eigenvalue weighted by Crippen LogP contribution is -2.21. The van der Waals surface area contributed by atoms with Crippen LogP contribution >= 0.6 is 0 Å². The molecule has 2 aromatic heterocycles. The molecule has 1 saturated heterocycles. The maximum Gasteiger partial charge on any atom is 0.416 e. The summed E-state index contributed by atoms with van der Waals surface area (Å²) in [6.45, 7) is 2.15. The van der Waals surface area contributed by atoms with E-state index in [2.05, 4.69) is 25.2 Å². The number of anilines is 3. The summed E-state index contributed by atoms with van der Waals surface area (Å²) in [5.41, 5.74) is 6.17. The number of ether oxygens (including phenoxy) is 1. The average Bonchev–Trinajstić information content (AvgIpc) is 3.27. The summed E-state index contributed by atoms with van der Waals surface area (Å²) in [5.74, 6) is 1.63. The zero-order chi connectivity index (χ0) is 22.0. The van der Waals surface area contributed by atoms with Crippen molar-refractivity contribution in [3.8, 4) is 5.88 Å². The van der Waals surface area contributed by atoms with E-state index in [9.17, 15) is 13.2 Å². The molecule has 0 radical (unpaired) electrons. The van der Waals surface area contributed by atoms with Crippen LogP contribution in [0.1, 0.15) is 24.0 Å². The number of hydrogen-bond donors (Lipinski definition) is 2. The minimum Gasteiger partial charge on any atom is -0.481 e. The van der Waals surface area contributed by atoms with Crippen LogP contribution in [0.3, 0.4) is 0 Å². The minimum absolute atomic E-state index is 0.0874. The molecule has 10 heteroatoms. The van der Waals surface area contributed by atoms with Crippen molar-refractivity contribution in [1.82, 2.24) is 15.0 Å². The van der Waals surface area contributed by atoms with E-state index in [-0.39, 0.29) is 5.69 Å². The van der Waals surface area contributed by atoms with E-state index >= 15 is 0 Å². The molecule has 4 rings (SSSR count). The van der Waals surface area contributed by atoms with Gasteiger partial charge in [-0.15, -0.1) is 0 Å². The standard InChI is InChI=1S/C21H23F3N6O/c1-31-18-11-16-17(12-27-18)28-20(30-6-2-3-7-30)29-19(16)26-5-4-13-8-14(21(22,23)24)10-15(25)9-13/h8-12H,2-7,25H2,1H3,(H,26,28,29). The number of halogens is 3. The van der Waals surface area contributed by atoms with Crippen molar-refractivity contribution in [3.05, 3.63) is 41.6 Å². The molecule has 1 aliphatic heterocycles. The number of alkyl halides is 3. The van der Waals surface area contributed by atoms with Gasteiger partial charge in [-0.1, -0.05) is 0 Å². The molecule has 7 nitrogen and oxygen atoms in total. The van der Waals surface area contributed by atoms with E-state index in [0.717, 1.165) is 43.5 Å². The highest BCUT2D eigenvalue weighted by molar-refractivity contribution is 5.90. The second-order valence-corrected chi connectivity index (χ2v) is 7.45. The first kappa shape index (κ1) is 21.0. The van der Waals surface area contributed by atoms with Crippen molar-refractivity contribution in [1.29, 1.82) is 0 Å². The smallest absolute Gasteiger partial charge is 0.416 e. The van der Waals surface area contributed by atoms with Gasteiger partial charge < -0.3 is 20.7 Å². The first-order chi connectivity index (χ1) is 14.8. The van der Waals surface area contributed by atoms with E-state index in [1.807, 2.05) is 0 Å². The molecule has 0 spiro atoms. The first-order valence-corrected chi connectivity index (χ1v) is 10.0. The van der Waals surface area contributed by atoms with Gasteiger partial charge in [0.2, 0.25) is 11.8 Å². The molecule has 164 valence electrons. The van der Waals surface area contributed by atoms with Gasteiger partial charge >= 0.3 is 6.18 Å². The Balaban J connectivity index is 1.59. The fourth-order valence-corrected chi connectivity index (χ4v) is 3.66. The molecule has 0 unspecified atom stereocenters. The largest absolute Gasteiger partial charge is 0.481 e. The first-order valence-electron chi connectivity index (χ1n) is 10.0. The van der Waals surface area contributed by atoms with Crippen LogP contribution in [-0.2, 0) is 12.6 Å². The Morgan fingerprint density at radius 2 is 1.90 bits per heavy atom. The number of nitrogens with two attached hydrogens (primary N) is 1. The number of aromatic nitrogens is 3. The summed E-state index contributed by atoms with van der Waals surface area (Å²) in [5, 5.41) is 3.98. The van der Waals surface area contributed by atoms with Crippen molar-refractivity contribution in [2.24, 2.45) is 0 Å². The fourth-order valence-electron chi connectivity index (χ4n) is 3.66. The highest BCUT2D eigenvalue weighted by Gasteiger charge is 2.31. The maximum atomic E-state index is 13.1. The molecular weight excluding hydrogens is 409 g/mol. The predicted octanol–water partition coefficient (Wildman–Crippen LogP) is 3.89. The van der Waals surface area contributed by atoms with Gasteiger partial charge in [0.15, 0.2) is 0 Å². The number of nitrogens with one attached hydrogen (secondary N) is 1. The third-order valence-corrected chi connectivity index (χ3v) is 5.19. The summed E-state index contributed by atoms with van der Waals surface area (Å²) < 4.78 is 44.4. The van der Waals surface area contributed by atoms with Gasteiger partial charge in [0.25, 0.3) is 0 Å². The third kappa shape index (κ3) is 4.73. The molecule has 0 aliphatic carbocycles. The molecule has 0 saturated carbocycles. The molecule has 1 aliphatic rings. The number of fused-ring (bicyclic) bond motifs is 1. The van der Waals surface area contributed by atoms with Crippen LogP contribution in [0.2, 0.25) is 0 Å². The zero-order valence-corrected chi connectivity index (χ0v) is 17.0. The van der Waals surface area contributed by atoms with Crippen molar-refractivity contribution < 1.29 is 17.9 Å². The van der Waals surface area contributed by atoms with Crippen LogP contribution in [0, 0.1) is 0 Å². The lowest BCUT2D eigenvalue weighted by molar-refractivity contribution is -0.137. The Hall–Kier alpha value is -3.30. The quantitative estimate of drug-likeness (QED) is 0.571. The minimum atomic E-state index is -4.44. The Labute approximate surface area is 177 Å². The van der Waals surface area contributed by atoms with Crippen LogP contribution in [0.15, 0.2) is 30.5 Å². The summed E-state index contributed by atoms with van der Waals surface area (Å²) in [7, 11) is 1.53. The molecule has 0 bridgehead atoms. The lowest BCUT2D eigenvalue weighted by Gasteiger charge is -2.18. The second kappa shape index (κ2) is 8.44. The van der Waals surface area contributed by atoms with Crippen LogP contribution in [0.4, 0.5) is 30.6 Å². The van der Waals surface area contributed by atoms with E-state index in [4.69, 9.17) is 10.5 Å². The molecular formula is C21H23F3N6O. The van der Waals surface area contributed by atoms with E-state index in [1.165, 1.54) is 7.11 Å². The second-order valence-electron chi connectivity index (χ2n) is 7.45. The fraction of sp³-hybridized carbons (Fsp3) is 0.381. The van der Waals surface area contributed by atoms with Gasteiger partial charge in [-0.25, -0.2) is 9.97 Å². The highest BCUT2D eigenvalue weighted by Crippen LogP contribution is 2.32. The van der Waals surface area contributed by atoms with Gasteiger partial charge in [0.05, 0.1) is 24.4 Å². The van der Waals surface area contributed by atoms with Crippen LogP contribution in [0.5, 0.6) is 5.88 Å². The number of nitrogens with zero attached hydrogens (tertiary/aromatic N) is 4. The van der Waals surface area contributed by atoms with Crippen molar-refractivity contribution >= 4 is 28.4 Å². The lowest BCUT2D eigenvalue weighted by atomic mass is 10.1. The van der Waals surface area contributed by atoms with Gasteiger partial charge in [-0.3, -0.25) is 0 Å². The summed E-state index contributed by atoms with van der Waals surface area (Å²) >= 11 is 0. The summed E-state index contributed by atoms with van der Waals surface area (Å²) in [6, 6.07) is 5.36. The number of pyridine rings is 1. The van der Waals surface area contributed by atoms with Crippen molar-refractivity contribution in [2.75, 3.05) is 42.7 Å². The molecule has 3 N–H and O–H groups in total. The highest BCUT2D eigenvalue weighted by atomic mass is 19.4. The zero-order valence-electron chi connectivity index (χ0n) is 17.0. The average molecular weight is 432 g/mol. The monoisotopic (exact) mass is 432 g/mol. The SMILES string of the molecule is COc1cc2c(NCCc3cc(N)cc(C(F)(F)F)c3)nc(N3CCCC3)nc2cn1.